The summed E-state index contributed by atoms with van der Waals surface area (Å²) in [6.45, 7) is 3.78. The molecule has 7 atom stereocenters. The minimum Gasteiger partial charge on any atom is -0.394 e. The fraction of sp³-hybridized carbons (Fsp3) is 0.935. The smallest absolute Gasteiger partial charge is 0.220 e. The molecule has 0 spiro atoms. The second-order valence-electron chi connectivity index (χ2n) is 16.6. The minimum absolute atomic E-state index is 0.174. The predicted molar refractivity (Wildman–Crippen MR) is 226 cm³/mol. The molecule has 1 heterocycles. The molecule has 1 aliphatic rings. The van der Waals surface area contributed by atoms with Crippen LogP contribution in [-0.2, 0) is 14.3 Å². The summed E-state index contributed by atoms with van der Waals surface area (Å²) in [7, 11) is 0. The zero-order valence-electron chi connectivity index (χ0n) is 35.7. The van der Waals surface area contributed by atoms with Crippen molar-refractivity contribution in [2.24, 2.45) is 0 Å². The lowest BCUT2D eigenvalue weighted by Crippen LogP contribution is -2.60. The van der Waals surface area contributed by atoms with Gasteiger partial charge in [-0.2, -0.15) is 0 Å². The molecule has 0 aliphatic carbocycles. The molecule has 0 unspecified atom stereocenters. The van der Waals surface area contributed by atoms with Crippen LogP contribution in [-0.4, -0.2) is 87.5 Å². The van der Waals surface area contributed by atoms with Gasteiger partial charge in [0.2, 0.25) is 5.91 Å². The predicted octanol–water partition coefficient (Wildman–Crippen LogP) is 9.73. The Morgan fingerprint density at radius 3 is 1.42 bits per heavy atom. The first-order chi connectivity index (χ1) is 26.8. The molecule has 1 amide bonds. The van der Waals surface area contributed by atoms with Crippen LogP contribution >= 0.6 is 0 Å². The molecule has 0 bridgehead atoms. The molecular formula is C46H89NO8. The summed E-state index contributed by atoms with van der Waals surface area (Å²) in [5.74, 6) is -0.174. The largest absolute Gasteiger partial charge is 0.394 e. The maximum Gasteiger partial charge on any atom is 0.220 e. The molecule has 1 saturated heterocycles. The lowest BCUT2D eigenvalue weighted by atomic mass is 9.99. The van der Waals surface area contributed by atoms with Crippen LogP contribution in [0.3, 0.4) is 0 Å². The van der Waals surface area contributed by atoms with Crippen molar-refractivity contribution < 1.29 is 39.8 Å². The van der Waals surface area contributed by atoms with Crippen molar-refractivity contribution in [3.63, 3.8) is 0 Å². The molecule has 326 valence electrons. The molecule has 0 aromatic rings. The molecule has 0 aromatic carbocycles. The number of unbranched alkanes of at least 4 members (excludes halogenated alkanes) is 29. The van der Waals surface area contributed by atoms with Crippen molar-refractivity contribution in [2.75, 3.05) is 13.2 Å². The van der Waals surface area contributed by atoms with E-state index in [9.17, 15) is 30.3 Å². The van der Waals surface area contributed by atoms with Gasteiger partial charge in [0.25, 0.3) is 0 Å². The molecule has 0 aromatic heterocycles. The van der Waals surface area contributed by atoms with Crippen molar-refractivity contribution >= 4 is 5.91 Å². The maximum atomic E-state index is 12.9. The summed E-state index contributed by atoms with van der Waals surface area (Å²) in [6, 6.07) is -0.797. The monoisotopic (exact) mass is 784 g/mol. The van der Waals surface area contributed by atoms with Gasteiger partial charge >= 0.3 is 0 Å². The number of allylic oxidation sites excluding steroid dienone is 1. The molecule has 1 aliphatic heterocycles. The summed E-state index contributed by atoms with van der Waals surface area (Å²) in [5.41, 5.74) is 0. The molecule has 0 saturated carbocycles. The summed E-state index contributed by atoms with van der Waals surface area (Å²) >= 11 is 0. The first kappa shape index (κ1) is 51.9. The molecule has 9 heteroatoms. The van der Waals surface area contributed by atoms with E-state index < -0.39 is 49.5 Å². The average Bonchev–Trinajstić information content (AvgIpc) is 3.18. The van der Waals surface area contributed by atoms with Crippen LogP contribution in [0.2, 0.25) is 0 Å². The van der Waals surface area contributed by atoms with E-state index in [1.807, 2.05) is 6.08 Å². The van der Waals surface area contributed by atoms with Crippen LogP contribution in [0.4, 0.5) is 0 Å². The number of amides is 1. The Labute approximate surface area is 337 Å². The van der Waals surface area contributed by atoms with Crippen molar-refractivity contribution in [1.29, 1.82) is 0 Å². The van der Waals surface area contributed by atoms with Crippen LogP contribution in [0.25, 0.3) is 0 Å². The topological polar surface area (TPSA) is 149 Å². The van der Waals surface area contributed by atoms with Gasteiger partial charge in [-0.05, 0) is 19.3 Å². The van der Waals surface area contributed by atoms with E-state index in [0.29, 0.717) is 6.42 Å². The fourth-order valence-corrected chi connectivity index (χ4v) is 7.57. The number of rotatable bonds is 39. The van der Waals surface area contributed by atoms with Gasteiger partial charge < -0.3 is 40.3 Å². The van der Waals surface area contributed by atoms with Crippen molar-refractivity contribution in [3.8, 4) is 0 Å². The van der Waals surface area contributed by atoms with Crippen LogP contribution in [0.1, 0.15) is 219 Å². The van der Waals surface area contributed by atoms with E-state index in [2.05, 4.69) is 19.2 Å². The summed E-state index contributed by atoms with van der Waals surface area (Å²) < 4.78 is 11.2. The lowest BCUT2D eigenvalue weighted by Gasteiger charge is -2.40. The summed E-state index contributed by atoms with van der Waals surface area (Å²) in [6.07, 6.45) is 35.4. The van der Waals surface area contributed by atoms with Gasteiger partial charge in [0.1, 0.15) is 24.4 Å². The van der Waals surface area contributed by atoms with Crippen LogP contribution in [0, 0.1) is 0 Å². The Morgan fingerprint density at radius 2 is 1.00 bits per heavy atom. The first-order valence-corrected chi connectivity index (χ1v) is 23.4. The van der Waals surface area contributed by atoms with Gasteiger partial charge in [-0.1, -0.05) is 206 Å². The molecule has 1 rings (SSSR count). The highest BCUT2D eigenvalue weighted by molar-refractivity contribution is 5.76. The van der Waals surface area contributed by atoms with E-state index in [4.69, 9.17) is 9.47 Å². The van der Waals surface area contributed by atoms with E-state index in [1.54, 1.807) is 6.08 Å². The third-order valence-corrected chi connectivity index (χ3v) is 11.4. The van der Waals surface area contributed by atoms with Crippen molar-refractivity contribution in [1.82, 2.24) is 5.32 Å². The molecule has 1 fully saturated rings. The maximum absolute atomic E-state index is 12.9. The van der Waals surface area contributed by atoms with Gasteiger partial charge in [0.15, 0.2) is 6.29 Å². The van der Waals surface area contributed by atoms with Gasteiger partial charge in [-0.3, -0.25) is 4.79 Å². The highest BCUT2D eigenvalue weighted by Crippen LogP contribution is 2.23. The number of carbonyl (C=O) groups excluding carboxylic acids is 1. The summed E-state index contributed by atoms with van der Waals surface area (Å²) in [4.78, 5) is 12.9. The number of aliphatic hydroxyl groups excluding tert-OH is 5. The standard InChI is InChI=1S/C46H89NO8/c1-3-5-7-9-11-13-15-17-18-19-20-21-22-24-26-28-30-32-34-36-42(50)47-39(38-54-46-45(53)44(52)43(51)41(37-48)55-46)40(49)35-33-31-29-27-25-23-16-14-12-10-8-6-4-2/h33,35,39-41,43-46,48-49,51-53H,3-32,34,36-38H2,1-2H3,(H,47,50)/t39-,40+,41+,43-,44-,45+,46+/m0/s1. The van der Waals surface area contributed by atoms with Gasteiger partial charge in [-0.15, -0.1) is 0 Å². The number of nitrogens with one attached hydrogen (secondary N) is 1. The normalized spacial score (nSPS) is 21.3. The van der Waals surface area contributed by atoms with Crippen LogP contribution in [0.5, 0.6) is 0 Å². The highest BCUT2D eigenvalue weighted by Gasteiger charge is 2.44. The molecule has 9 nitrogen and oxygen atoms in total. The Kier molecular flexibility index (Phi) is 35.2. The van der Waals surface area contributed by atoms with E-state index >= 15 is 0 Å². The number of aliphatic hydroxyl groups is 5. The Balaban J connectivity index is 2.31. The van der Waals surface area contributed by atoms with Crippen LogP contribution in [0.15, 0.2) is 12.2 Å². The third-order valence-electron chi connectivity index (χ3n) is 11.4. The van der Waals surface area contributed by atoms with Crippen molar-refractivity contribution in [2.45, 2.75) is 262 Å². The van der Waals surface area contributed by atoms with E-state index in [-0.39, 0.29) is 12.5 Å². The zero-order valence-corrected chi connectivity index (χ0v) is 35.7. The van der Waals surface area contributed by atoms with E-state index in [1.165, 1.54) is 161 Å². The Bertz CT molecular complexity index is 873. The van der Waals surface area contributed by atoms with Crippen molar-refractivity contribution in [3.05, 3.63) is 12.2 Å². The lowest BCUT2D eigenvalue weighted by molar-refractivity contribution is -0.302. The highest BCUT2D eigenvalue weighted by atomic mass is 16.7. The molecular weight excluding hydrogens is 695 g/mol. The van der Waals surface area contributed by atoms with Gasteiger partial charge in [0, 0.05) is 6.42 Å². The second-order valence-corrected chi connectivity index (χ2v) is 16.6. The Hall–Kier alpha value is -1.07. The number of ether oxygens (including phenoxy) is 2. The SMILES string of the molecule is CCCCCCCCCCCCCC=C[C@@H](O)[C@H](CO[C@@H]1O[C@H](CO)[C@H](O)[C@H](O)[C@H]1O)NC(=O)CCCCCCCCCCCCCCCCCCCCC. The fourth-order valence-electron chi connectivity index (χ4n) is 7.57. The number of hydrogen-bond acceptors (Lipinski definition) is 8. The second kappa shape index (κ2) is 37.2. The van der Waals surface area contributed by atoms with E-state index in [0.717, 1.165) is 38.5 Å². The van der Waals surface area contributed by atoms with Gasteiger partial charge in [-0.25, -0.2) is 0 Å². The minimum atomic E-state index is -1.56. The molecule has 6 N–H and O–H groups in total. The molecule has 0 radical (unpaired) electrons. The first-order valence-electron chi connectivity index (χ1n) is 23.4. The number of carbonyl (C=O) groups is 1. The Morgan fingerprint density at radius 1 is 0.600 bits per heavy atom. The summed E-state index contributed by atoms with van der Waals surface area (Å²) in [5, 5.41) is 54.2. The van der Waals surface area contributed by atoms with Gasteiger partial charge in [0.05, 0.1) is 25.4 Å². The van der Waals surface area contributed by atoms with Crippen LogP contribution < -0.4 is 5.32 Å². The molecule has 55 heavy (non-hydrogen) atoms. The zero-order chi connectivity index (χ0) is 40.2. The number of hydrogen-bond donors (Lipinski definition) is 6. The quantitative estimate of drug-likeness (QED) is 0.0267. The third kappa shape index (κ3) is 28.1. The average molecular weight is 784 g/mol.